The highest BCUT2D eigenvalue weighted by Crippen LogP contribution is 2.22. The number of hydrogen-bond donors (Lipinski definition) is 2. The second-order valence-electron chi connectivity index (χ2n) is 7.85. The van der Waals surface area contributed by atoms with Crippen LogP contribution in [0.1, 0.15) is 53.7 Å². The lowest BCUT2D eigenvalue weighted by atomic mass is 10.2. The normalized spacial score (nSPS) is 10.8. The molecule has 1 aromatic carbocycles. The molecule has 192 valence electrons. The maximum absolute atomic E-state index is 12.5. The van der Waals surface area contributed by atoms with Crippen LogP contribution in [0.15, 0.2) is 42.6 Å². The molecule has 0 atom stereocenters. The molecule has 2 N–H and O–H groups in total. The first-order valence-corrected chi connectivity index (χ1v) is 13.5. The number of halogens is 1. The summed E-state index contributed by atoms with van der Waals surface area (Å²) in [6, 6.07) is 10.8. The Balaban J connectivity index is 1.17. The summed E-state index contributed by atoms with van der Waals surface area (Å²) in [5, 5.41) is 24.7. The van der Waals surface area contributed by atoms with Gasteiger partial charge >= 0.3 is 0 Å². The van der Waals surface area contributed by atoms with Crippen molar-refractivity contribution in [2.24, 2.45) is 0 Å². The number of methoxy groups -OCH3 is 1. The number of ether oxygens (including phenoxy) is 1. The summed E-state index contributed by atoms with van der Waals surface area (Å²) < 4.78 is 5.20. The molecule has 0 aliphatic rings. The van der Waals surface area contributed by atoms with Gasteiger partial charge in [0.1, 0.15) is 15.8 Å². The van der Waals surface area contributed by atoms with Gasteiger partial charge in [-0.25, -0.2) is 0 Å². The Bertz CT molecular complexity index is 1350. The number of aryl methyl sites for hydroxylation is 2. The Labute approximate surface area is 226 Å². The van der Waals surface area contributed by atoms with Crippen molar-refractivity contribution in [3.63, 3.8) is 0 Å². The van der Waals surface area contributed by atoms with Crippen LogP contribution >= 0.6 is 34.3 Å². The summed E-state index contributed by atoms with van der Waals surface area (Å²) >= 11 is 8.75. The van der Waals surface area contributed by atoms with E-state index >= 15 is 0 Å². The third-order valence-corrected chi connectivity index (χ3v) is 7.53. The Morgan fingerprint density at radius 3 is 2.14 bits per heavy atom. The predicted molar refractivity (Wildman–Crippen MR) is 141 cm³/mol. The summed E-state index contributed by atoms with van der Waals surface area (Å²) in [6.45, 7) is 0.597. The number of rotatable bonds is 12. The zero-order valence-corrected chi connectivity index (χ0v) is 22.3. The minimum absolute atomic E-state index is 0.259. The van der Waals surface area contributed by atoms with E-state index in [2.05, 4.69) is 36.0 Å². The van der Waals surface area contributed by atoms with Crippen molar-refractivity contribution < 1.29 is 14.3 Å². The fourth-order valence-corrected chi connectivity index (χ4v) is 5.04. The van der Waals surface area contributed by atoms with Gasteiger partial charge < -0.3 is 15.4 Å². The number of nitrogens with zero attached hydrogens (tertiary/aromatic N) is 5. The van der Waals surface area contributed by atoms with Gasteiger partial charge in [0, 0.05) is 30.6 Å². The molecule has 2 amide bonds. The molecule has 0 radical (unpaired) electrons. The van der Waals surface area contributed by atoms with Gasteiger partial charge in [0.25, 0.3) is 11.8 Å². The van der Waals surface area contributed by atoms with E-state index in [1.54, 1.807) is 31.5 Å². The van der Waals surface area contributed by atoms with E-state index in [-0.39, 0.29) is 18.4 Å². The molecule has 0 unspecified atom stereocenters. The maximum Gasteiger partial charge on any atom is 0.282 e. The number of nitrogens with one attached hydrogen (secondary N) is 2. The van der Waals surface area contributed by atoms with Gasteiger partial charge in [-0.05, 0) is 48.7 Å². The highest BCUT2D eigenvalue weighted by molar-refractivity contribution is 7.13. The first-order valence-electron chi connectivity index (χ1n) is 11.5. The lowest BCUT2D eigenvalue weighted by molar-refractivity contribution is 0.0941. The molecule has 3 heterocycles. The summed E-state index contributed by atoms with van der Waals surface area (Å²) in [4.78, 5) is 28.9. The van der Waals surface area contributed by atoms with E-state index in [0.717, 1.165) is 34.1 Å². The standard InChI is InChI=1S/C24H24ClN7O3S2/c1-35-17-9-10-18(25)15(12-17)13-27-21(33)23-31-29-19(36-23)7-2-3-8-20-30-32-24(37-20)22(34)28-14-16-6-4-5-11-26-16/h4-6,9-12H,2-3,7-8,13-14H2,1H3,(H,27,33)(H,28,34). The molecule has 0 saturated carbocycles. The number of hydrogen-bond acceptors (Lipinski definition) is 10. The molecule has 3 aromatic heterocycles. The van der Waals surface area contributed by atoms with Crippen LogP contribution in [0.5, 0.6) is 5.75 Å². The molecule has 0 aliphatic heterocycles. The number of aromatic nitrogens is 5. The van der Waals surface area contributed by atoms with Crippen molar-refractivity contribution in [1.82, 2.24) is 36.0 Å². The van der Waals surface area contributed by atoms with E-state index in [0.29, 0.717) is 40.2 Å². The topological polar surface area (TPSA) is 132 Å². The van der Waals surface area contributed by atoms with Crippen LogP contribution in [0.25, 0.3) is 0 Å². The quantitative estimate of drug-likeness (QED) is 0.251. The molecule has 0 bridgehead atoms. The number of carbonyl (C=O) groups is 2. The van der Waals surface area contributed by atoms with Crippen LogP contribution in [-0.4, -0.2) is 44.3 Å². The predicted octanol–water partition coefficient (Wildman–Crippen LogP) is 3.87. The third-order valence-electron chi connectivity index (χ3n) is 5.20. The van der Waals surface area contributed by atoms with Gasteiger partial charge in [-0.3, -0.25) is 14.6 Å². The first-order chi connectivity index (χ1) is 18.0. The van der Waals surface area contributed by atoms with E-state index < -0.39 is 0 Å². The third kappa shape index (κ3) is 7.75. The number of pyridine rings is 1. The molecule has 37 heavy (non-hydrogen) atoms. The Hall–Kier alpha value is -3.48. The van der Waals surface area contributed by atoms with Crippen LogP contribution in [-0.2, 0) is 25.9 Å². The Kier molecular flexibility index (Phi) is 9.46. The first kappa shape index (κ1) is 26.6. The van der Waals surface area contributed by atoms with Crippen LogP contribution < -0.4 is 15.4 Å². The highest BCUT2D eigenvalue weighted by Gasteiger charge is 2.15. The maximum atomic E-state index is 12.5. The van der Waals surface area contributed by atoms with Crippen LogP contribution in [0.2, 0.25) is 5.02 Å². The highest BCUT2D eigenvalue weighted by atomic mass is 35.5. The Morgan fingerprint density at radius 2 is 1.54 bits per heavy atom. The molecule has 0 aliphatic carbocycles. The minimum atomic E-state index is -0.301. The fourth-order valence-electron chi connectivity index (χ4n) is 3.26. The molecule has 13 heteroatoms. The van der Waals surface area contributed by atoms with E-state index in [1.807, 2.05) is 18.2 Å². The largest absolute Gasteiger partial charge is 0.497 e. The minimum Gasteiger partial charge on any atom is -0.497 e. The fraction of sp³-hybridized carbons (Fsp3) is 0.292. The summed E-state index contributed by atoms with van der Waals surface area (Å²) in [5.41, 5.74) is 1.53. The zero-order chi connectivity index (χ0) is 26.0. The number of amides is 2. The van der Waals surface area contributed by atoms with Crippen LogP contribution in [0.4, 0.5) is 0 Å². The molecular weight excluding hydrogens is 534 g/mol. The van der Waals surface area contributed by atoms with E-state index in [1.165, 1.54) is 22.7 Å². The molecule has 10 nitrogen and oxygen atoms in total. The lowest BCUT2D eigenvalue weighted by Crippen LogP contribution is -2.23. The van der Waals surface area contributed by atoms with Crippen molar-refractivity contribution in [2.75, 3.05) is 7.11 Å². The summed E-state index contributed by atoms with van der Waals surface area (Å²) in [6.07, 6.45) is 4.78. The van der Waals surface area contributed by atoms with Gasteiger partial charge in [-0.2, -0.15) is 0 Å². The summed E-state index contributed by atoms with van der Waals surface area (Å²) in [5.74, 6) is 0.105. The SMILES string of the molecule is COc1ccc(Cl)c(CNC(=O)c2nnc(CCCCc3nnc(C(=O)NCc4ccccn4)s3)s2)c1. The van der Waals surface area contributed by atoms with Gasteiger partial charge in [0.05, 0.1) is 19.3 Å². The van der Waals surface area contributed by atoms with Crippen molar-refractivity contribution in [1.29, 1.82) is 0 Å². The number of benzene rings is 1. The molecule has 4 aromatic rings. The van der Waals surface area contributed by atoms with Gasteiger partial charge in [0.15, 0.2) is 0 Å². The number of unbranched alkanes of at least 4 members (excludes halogenated alkanes) is 1. The van der Waals surface area contributed by atoms with Crippen molar-refractivity contribution in [2.45, 2.75) is 38.8 Å². The average Bonchev–Trinajstić information content (AvgIpc) is 3.60. The molecule has 0 saturated heterocycles. The summed E-state index contributed by atoms with van der Waals surface area (Å²) in [7, 11) is 1.57. The second kappa shape index (κ2) is 13.2. The lowest BCUT2D eigenvalue weighted by Gasteiger charge is -2.07. The van der Waals surface area contributed by atoms with Gasteiger partial charge in [-0.1, -0.05) is 40.3 Å². The smallest absolute Gasteiger partial charge is 0.282 e. The van der Waals surface area contributed by atoms with E-state index in [4.69, 9.17) is 16.3 Å². The molecular formula is C24H24ClN7O3S2. The average molecular weight is 558 g/mol. The van der Waals surface area contributed by atoms with Gasteiger partial charge in [-0.15, -0.1) is 20.4 Å². The number of carbonyl (C=O) groups excluding carboxylic acids is 2. The van der Waals surface area contributed by atoms with Gasteiger partial charge in [0.2, 0.25) is 10.0 Å². The molecule has 4 rings (SSSR count). The molecule has 0 spiro atoms. The van der Waals surface area contributed by atoms with Crippen LogP contribution in [0.3, 0.4) is 0 Å². The monoisotopic (exact) mass is 557 g/mol. The van der Waals surface area contributed by atoms with Crippen LogP contribution in [0, 0.1) is 0 Å². The second-order valence-corrected chi connectivity index (χ2v) is 10.4. The molecule has 0 fully saturated rings. The zero-order valence-electron chi connectivity index (χ0n) is 19.9. The van der Waals surface area contributed by atoms with Crippen molar-refractivity contribution in [3.05, 3.63) is 78.9 Å². The van der Waals surface area contributed by atoms with Crippen molar-refractivity contribution >= 4 is 46.1 Å². The van der Waals surface area contributed by atoms with Crippen molar-refractivity contribution in [3.8, 4) is 5.75 Å². The van der Waals surface area contributed by atoms with E-state index in [9.17, 15) is 9.59 Å². The Morgan fingerprint density at radius 1 is 0.892 bits per heavy atom.